The van der Waals surface area contributed by atoms with Gasteiger partial charge in [-0.05, 0) is 37.6 Å². The highest BCUT2D eigenvalue weighted by Gasteiger charge is 2.17. The first-order valence-corrected chi connectivity index (χ1v) is 8.43. The molecule has 0 radical (unpaired) electrons. The molecule has 3 nitrogen and oxygen atoms in total. The molecule has 1 N–H and O–H groups in total. The summed E-state index contributed by atoms with van der Waals surface area (Å²) < 4.78 is 6.00. The average molecular weight is 341 g/mol. The molecule has 0 saturated heterocycles. The fraction of sp³-hybridized carbons (Fsp3) is 0.250. The van der Waals surface area contributed by atoms with Crippen LogP contribution in [0.2, 0.25) is 5.02 Å². The summed E-state index contributed by atoms with van der Waals surface area (Å²) in [4.78, 5) is 8.03. The van der Waals surface area contributed by atoms with Gasteiger partial charge in [-0.15, -0.1) is 0 Å². The second-order valence-electron chi connectivity index (χ2n) is 6.07. The predicted octanol–water partition coefficient (Wildman–Crippen LogP) is 5.53. The first-order chi connectivity index (χ1) is 11.5. The van der Waals surface area contributed by atoms with E-state index in [1.54, 1.807) is 0 Å². The third-order valence-electron chi connectivity index (χ3n) is 4.04. The van der Waals surface area contributed by atoms with Crippen LogP contribution >= 0.6 is 11.6 Å². The number of hydrogen-bond donors (Lipinski definition) is 1. The molecular formula is C20H21ClN2O. The molecule has 1 aromatic heterocycles. The van der Waals surface area contributed by atoms with Crippen LogP contribution in [-0.4, -0.2) is 16.6 Å². The number of imidazole rings is 1. The number of aromatic nitrogens is 2. The molecule has 2 aromatic carbocycles. The maximum Gasteiger partial charge on any atom is 0.122 e. The van der Waals surface area contributed by atoms with Crippen LogP contribution in [0.4, 0.5) is 0 Å². The van der Waals surface area contributed by atoms with Crippen molar-refractivity contribution in [2.24, 2.45) is 0 Å². The predicted molar refractivity (Wildman–Crippen MR) is 98.9 cm³/mol. The lowest BCUT2D eigenvalue weighted by molar-refractivity contribution is 0.292. The number of aromatic amines is 1. The fourth-order valence-corrected chi connectivity index (χ4v) is 2.84. The fourth-order valence-electron chi connectivity index (χ4n) is 2.71. The second kappa shape index (κ2) is 7.10. The minimum atomic E-state index is 0.191. The third-order valence-corrected chi connectivity index (χ3v) is 4.30. The molecule has 3 rings (SSSR count). The Morgan fingerprint density at radius 2 is 1.79 bits per heavy atom. The van der Waals surface area contributed by atoms with E-state index < -0.39 is 0 Å². The molecule has 0 aliphatic rings. The van der Waals surface area contributed by atoms with Gasteiger partial charge in [-0.2, -0.15) is 0 Å². The number of halogens is 1. The molecule has 124 valence electrons. The molecule has 0 fully saturated rings. The zero-order chi connectivity index (χ0) is 17.1. The SMILES string of the molecule is Cc1nc(-c2ccc(Cl)cc2)c(C(C)COc2ccccc2C)[nH]1. The van der Waals surface area contributed by atoms with Crippen LogP contribution in [0.3, 0.4) is 0 Å². The third kappa shape index (κ3) is 3.62. The highest BCUT2D eigenvalue weighted by Crippen LogP contribution is 2.29. The summed E-state index contributed by atoms with van der Waals surface area (Å²) in [5.41, 5.74) is 4.25. The number of hydrogen-bond acceptors (Lipinski definition) is 2. The van der Waals surface area contributed by atoms with Crippen molar-refractivity contribution in [1.29, 1.82) is 0 Å². The summed E-state index contributed by atoms with van der Waals surface area (Å²) >= 11 is 5.99. The van der Waals surface area contributed by atoms with E-state index in [1.165, 1.54) is 0 Å². The molecule has 1 heterocycles. The van der Waals surface area contributed by atoms with E-state index >= 15 is 0 Å². The highest BCUT2D eigenvalue weighted by atomic mass is 35.5. The standard InChI is InChI=1S/C20H21ClN2O/c1-13-6-4-5-7-18(13)24-12-14(2)19-20(23-15(3)22-19)16-8-10-17(21)11-9-16/h4-11,14H,12H2,1-3H3,(H,22,23). The number of aryl methyl sites for hydroxylation is 2. The number of nitrogens with zero attached hydrogens (tertiary/aromatic N) is 1. The molecule has 0 saturated carbocycles. The molecular weight excluding hydrogens is 320 g/mol. The Bertz CT molecular complexity index is 824. The Morgan fingerprint density at radius 3 is 2.50 bits per heavy atom. The lowest BCUT2D eigenvalue weighted by atomic mass is 10.0. The van der Waals surface area contributed by atoms with Gasteiger partial charge < -0.3 is 9.72 Å². The van der Waals surface area contributed by atoms with Crippen LogP contribution in [-0.2, 0) is 0 Å². The Labute approximate surface area is 147 Å². The van der Waals surface area contributed by atoms with Gasteiger partial charge in [-0.1, -0.05) is 48.9 Å². The molecule has 3 aromatic rings. The molecule has 1 unspecified atom stereocenters. The average Bonchev–Trinajstić information content (AvgIpc) is 2.96. The van der Waals surface area contributed by atoms with Gasteiger partial charge in [0.15, 0.2) is 0 Å². The minimum absolute atomic E-state index is 0.191. The Morgan fingerprint density at radius 1 is 1.08 bits per heavy atom. The van der Waals surface area contributed by atoms with Gasteiger partial charge in [0.25, 0.3) is 0 Å². The van der Waals surface area contributed by atoms with E-state index in [0.29, 0.717) is 6.61 Å². The Kier molecular flexibility index (Phi) is 4.91. The van der Waals surface area contributed by atoms with E-state index in [9.17, 15) is 0 Å². The molecule has 0 aliphatic carbocycles. The number of para-hydroxylation sites is 1. The Hall–Kier alpha value is -2.26. The van der Waals surface area contributed by atoms with Gasteiger partial charge in [-0.25, -0.2) is 4.98 Å². The van der Waals surface area contributed by atoms with Crippen LogP contribution in [0.5, 0.6) is 5.75 Å². The number of benzene rings is 2. The van der Waals surface area contributed by atoms with Crippen LogP contribution in [0.25, 0.3) is 11.3 Å². The van der Waals surface area contributed by atoms with Crippen molar-refractivity contribution in [3.05, 3.63) is 70.6 Å². The normalized spacial score (nSPS) is 12.2. The maximum absolute atomic E-state index is 6.00. The lowest BCUT2D eigenvalue weighted by Crippen LogP contribution is -2.09. The van der Waals surface area contributed by atoms with E-state index in [0.717, 1.165) is 39.1 Å². The van der Waals surface area contributed by atoms with Gasteiger partial charge in [0.05, 0.1) is 12.3 Å². The topological polar surface area (TPSA) is 37.9 Å². The summed E-state index contributed by atoms with van der Waals surface area (Å²) in [6.45, 7) is 6.76. The smallest absolute Gasteiger partial charge is 0.122 e. The highest BCUT2D eigenvalue weighted by molar-refractivity contribution is 6.30. The van der Waals surface area contributed by atoms with Crippen molar-refractivity contribution in [1.82, 2.24) is 9.97 Å². The first kappa shape index (κ1) is 16.6. The molecule has 4 heteroatoms. The maximum atomic E-state index is 6.00. The van der Waals surface area contributed by atoms with Gasteiger partial charge >= 0.3 is 0 Å². The largest absolute Gasteiger partial charge is 0.493 e. The van der Waals surface area contributed by atoms with Crippen molar-refractivity contribution in [2.45, 2.75) is 26.7 Å². The number of H-pyrrole nitrogens is 1. The quantitative estimate of drug-likeness (QED) is 0.663. The van der Waals surface area contributed by atoms with Crippen molar-refractivity contribution < 1.29 is 4.74 Å². The monoisotopic (exact) mass is 340 g/mol. The summed E-state index contributed by atoms with van der Waals surface area (Å²) in [7, 11) is 0. The van der Waals surface area contributed by atoms with E-state index in [-0.39, 0.29) is 5.92 Å². The van der Waals surface area contributed by atoms with Crippen LogP contribution in [0, 0.1) is 13.8 Å². The number of rotatable bonds is 5. The van der Waals surface area contributed by atoms with Gasteiger partial charge in [0.1, 0.15) is 11.6 Å². The van der Waals surface area contributed by atoms with E-state index in [4.69, 9.17) is 16.3 Å². The van der Waals surface area contributed by atoms with Crippen molar-refractivity contribution in [2.75, 3.05) is 6.61 Å². The lowest BCUT2D eigenvalue weighted by Gasteiger charge is -2.15. The molecule has 0 bridgehead atoms. The first-order valence-electron chi connectivity index (χ1n) is 8.05. The zero-order valence-corrected chi connectivity index (χ0v) is 14.9. The van der Waals surface area contributed by atoms with E-state index in [1.807, 2.05) is 49.4 Å². The van der Waals surface area contributed by atoms with Crippen LogP contribution in [0.15, 0.2) is 48.5 Å². The molecule has 24 heavy (non-hydrogen) atoms. The molecule has 1 atom stereocenters. The van der Waals surface area contributed by atoms with Gasteiger partial charge in [-0.3, -0.25) is 0 Å². The molecule has 0 spiro atoms. The van der Waals surface area contributed by atoms with Crippen LogP contribution in [0.1, 0.15) is 29.9 Å². The second-order valence-corrected chi connectivity index (χ2v) is 6.51. The zero-order valence-electron chi connectivity index (χ0n) is 14.1. The summed E-state index contributed by atoms with van der Waals surface area (Å²) in [5, 5.41) is 0.725. The van der Waals surface area contributed by atoms with Crippen molar-refractivity contribution >= 4 is 11.6 Å². The number of nitrogens with one attached hydrogen (secondary N) is 1. The van der Waals surface area contributed by atoms with Crippen molar-refractivity contribution in [3.63, 3.8) is 0 Å². The minimum Gasteiger partial charge on any atom is -0.493 e. The van der Waals surface area contributed by atoms with Gasteiger partial charge in [0, 0.05) is 22.2 Å². The van der Waals surface area contributed by atoms with E-state index in [2.05, 4.69) is 29.9 Å². The molecule has 0 amide bonds. The van der Waals surface area contributed by atoms with Crippen LogP contribution < -0.4 is 4.74 Å². The van der Waals surface area contributed by atoms with Gasteiger partial charge in [0.2, 0.25) is 0 Å². The molecule has 0 aliphatic heterocycles. The number of ether oxygens (including phenoxy) is 1. The summed E-state index contributed by atoms with van der Waals surface area (Å²) in [6.07, 6.45) is 0. The Balaban J connectivity index is 1.81. The van der Waals surface area contributed by atoms with Crippen molar-refractivity contribution in [3.8, 4) is 17.0 Å². The summed E-state index contributed by atoms with van der Waals surface area (Å²) in [6, 6.07) is 15.8. The summed E-state index contributed by atoms with van der Waals surface area (Å²) in [5.74, 6) is 2.02.